The molecule has 0 saturated heterocycles. The number of allylic oxidation sites excluding steroid dienone is 8. The van der Waals surface area contributed by atoms with Crippen LogP contribution in [0, 0.1) is 0 Å². The third-order valence-electron chi connectivity index (χ3n) is 3.97. The average molecular weight is 302 g/mol. The van der Waals surface area contributed by atoms with E-state index in [0.29, 0.717) is 0 Å². The zero-order chi connectivity index (χ0) is 16.1. The number of hydrogen-bond donors (Lipinski definition) is 0. The number of rotatable bonds is 4. The van der Waals surface area contributed by atoms with Gasteiger partial charge in [-0.05, 0) is 37.5 Å². The fourth-order valence-corrected chi connectivity index (χ4v) is 2.91. The Morgan fingerprint density at radius 2 is 1.96 bits per heavy atom. The SMILES string of the molecule is C/C=C\C(=C/CC)c1nc2ccccc2nc1C1C=CC=CC1. The lowest BCUT2D eigenvalue weighted by molar-refractivity contribution is 0.810. The molecule has 1 aliphatic carbocycles. The maximum absolute atomic E-state index is 4.96. The molecule has 0 saturated carbocycles. The van der Waals surface area contributed by atoms with E-state index in [2.05, 4.69) is 49.5 Å². The first kappa shape index (κ1) is 15.4. The van der Waals surface area contributed by atoms with Crippen molar-refractivity contribution in [2.24, 2.45) is 0 Å². The van der Waals surface area contributed by atoms with Crippen LogP contribution in [0.15, 0.2) is 66.8 Å². The van der Waals surface area contributed by atoms with E-state index < -0.39 is 0 Å². The van der Waals surface area contributed by atoms with Crippen LogP contribution in [0.3, 0.4) is 0 Å². The standard InChI is InChI=1S/C21H22N2/c1-3-10-16(11-4-2)20-21(17-12-6-5-7-13-17)23-19-15-9-8-14-18(19)22-20/h3,5-12,14-15,17H,4,13H2,1-2H3/b10-3-,16-11+. The van der Waals surface area contributed by atoms with Gasteiger partial charge in [-0.15, -0.1) is 0 Å². The first-order valence-electron chi connectivity index (χ1n) is 8.26. The smallest absolute Gasteiger partial charge is 0.0928 e. The molecule has 2 heteroatoms. The summed E-state index contributed by atoms with van der Waals surface area (Å²) in [5.41, 5.74) is 5.15. The summed E-state index contributed by atoms with van der Waals surface area (Å²) in [5.74, 6) is 0.289. The van der Waals surface area contributed by atoms with Crippen molar-refractivity contribution < 1.29 is 0 Å². The summed E-state index contributed by atoms with van der Waals surface area (Å²) >= 11 is 0. The molecule has 1 aliphatic rings. The molecule has 3 rings (SSSR count). The van der Waals surface area contributed by atoms with Gasteiger partial charge in [-0.2, -0.15) is 0 Å². The van der Waals surface area contributed by atoms with Crippen molar-refractivity contribution in [3.63, 3.8) is 0 Å². The highest BCUT2D eigenvalue weighted by molar-refractivity contribution is 5.80. The van der Waals surface area contributed by atoms with Crippen LogP contribution in [0.5, 0.6) is 0 Å². The molecule has 0 bridgehead atoms. The molecule has 2 nitrogen and oxygen atoms in total. The Morgan fingerprint density at radius 3 is 2.61 bits per heavy atom. The molecule has 0 spiro atoms. The third kappa shape index (κ3) is 3.31. The first-order chi connectivity index (χ1) is 11.3. The lowest BCUT2D eigenvalue weighted by atomic mass is 9.92. The lowest BCUT2D eigenvalue weighted by Crippen LogP contribution is -2.07. The quantitative estimate of drug-likeness (QED) is 0.687. The first-order valence-corrected chi connectivity index (χ1v) is 8.26. The van der Waals surface area contributed by atoms with E-state index in [1.54, 1.807) is 0 Å². The Kier molecular flexibility index (Phi) is 4.82. The van der Waals surface area contributed by atoms with Crippen LogP contribution in [0.25, 0.3) is 16.6 Å². The van der Waals surface area contributed by atoms with Gasteiger partial charge in [-0.25, -0.2) is 9.97 Å². The fourth-order valence-electron chi connectivity index (χ4n) is 2.91. The predicted octanol–water partition coefficient (Wildman–Crippen LogP) is 5.60. The Hall–Kier alpha value is -2.48. The predicted molar refractivity (Wildman–Crippen MR) is 98.3 cm³/mol. The summed E-state index contributed by atoms with van der Waals surface area (Å²) in [6.45, 7) is 4.20. The molecule has 1 aromatic carbocycles. The summed E-state index contributed by atoms with van der Waals surface area (Å²) < 4.78 is 0. The van der Waals surface area contributed by atoms with Crippen molar-refractivity contribution in [1.29, 1.82) is 0 Å². The molecule has 116 valence electrons. The molecule has 0 amide bonds. The van der Waals surface area contributed by atoms with E-state index in [1.807, 2.05) is 31.2 Å². The van der Waals surface area contributed by atoms with Crippen molar-refractivity contribution in [2.45, 2.75) is 32.6 Å². The zero-order valence-electron chi connectivity index (χ0n) is 13.7. The van der Waals surface area contributed by atoms with E-state index in [1.165, 1.54) is 0 Å². The van der Waals surface area contributed by atoms with Gasteiger partial charge in [0.2, 0.25) is 0 Å². The van der Waals surface area contributed by atoms with Gasteiger partial charge in [-0.1, -0.05) is 61.6 Å². The Bertz CT molecular complexity index is 810. The molecule has 1 unspecified atom stereocenters. The molecule has 0 radical (unpaired) electrons. The van der Waals surface area contributed by atoms with Crippen molar-refractivity contribution in [2.75, 3.05) is 0 Å². The summed E-state index contributed by atoms with van der Waals surface area (Å²) in [4.78, 5) is 9.91. The van der Waals surface area contributed by atoms with Crippen LogP contribution in [-0.4, -0.2) is 9.97 Å². The van der Waals surface area contributed by atoms with Crippen molar-refractivity contribution in [3.8, 4) is 0 Å². The fraction of sp³-hybridized carbons (Fsp3) is 0.238. The average Bonchev–Trinajstić information content (AvgIpc) is 2.61. The second-order valence-electron chi connectivity index (χ2n) is 5.67. The van der Waals surface area contributed by atoms with Gasteiger partial charge in [0.15, 0.2) is 0 Å². The van der Waals surface area contributed by atoms with E-state index in [-0.39, 0.29) is 5.92 Å². The molecular formula is C21H22N2. The van der Waals surface area contributed by atoms with Crippen molar-refractivity contribution >= 4 is 16.6 Å². The van der Waals surface area contributed by atoms with E-state index in [4.69, 9.17) is 9.97 Å². The number of aromatic nitrogens is 2. The normalized spacial score (nSPS) is 18.2. The van der Waals surface area contributed by atoms with Gasteiger partial charge in [0.25, 0.3) is 0 Å². The molecule has 1 atom stereocenters. The Balaban J connectivity index is 2.21. The molecule has 0 aliphatic heterocycles. The largest absolute Gasteiger partial charge is 0.248 e. The molecule has 1 heterocycles. The number of fused-ring (bicyclic) bond motifs is 1. The van der Waals surface area contributed by atoms with E-state index in [9.17, 15) is 0 Å². The third-order valence-corrected chi connectivity index (χ3v) is 3.97. The van der Waals surface area contributed by atoms with Crippen molar-refractivity contribution in [3.05, 3.63) is 78.2 Å². The highest BCUT2D eigenvalue weighted by Gasteiger charge is 2.18. The zero-order valence-corrected chi connectivity index (χ0v) is 13.7. The molecule has 0 N–H and O–H groups in total. The van der Waals surface area contributed by atoms with Crippen LogP contribution >= 0.6 is 0 Å². The topological polar surface area (TPSA) is 25.8 Å². The summed E-state index contributed by atoms with van der Waals surface area (Å²) in [5, 5.41) is 0. The van der Waals surface area contributed by atoms with Gasteiger partial charge < -0.3 is 0 Å². The van der Waals surface area contributed by atoms with E-state index >= 15 is 0 Å². The van der Waals surface area contributed by atoms with Crippen LogP contribution < -0.4 is 0 Å². The molecule has 0 fully saturated rings. The van der Waals surface area contributed by atoms with Gasteiger partial charge in [0, 0.05) is 5.92 Å². The van der Waals surface area contributed by atoms with Gasteiger partial charge in [0.05, 0.1) is 22.4 Å². The molecule has 1 aromatic heterocycles. The maximum atomic E-state index is 4.96. The highest BCUT2D eigenvalue weighted by Crippen LogP contribution is 2.31. The van der Waals surface area contributed by atoms with Crippen LogP contribution in [-0.2, 0) is 0 Å². The number of nitrogens with zero attached hydrogens (tertiary/aromatic N) is 2. The second-order valence-corrected chi connectivity index (χ2v) is 5.67. The van der Waals surface area contributed by atoms with Crippen LogP contribution in [0.1, 0.15) is 44.0 Å². The maximum Gasteiger partial charge on any atom is 0.0928 e. The molecular weight excluding hydrogens is 280 g/mol. The molecule has 23 heavy (non-hydrogen) atoms. The summed E-state index contributed by atoms with van der Waals surface area (Å²) in [7, 11) is 0. The monoisotopic (exact) mass is 302 g/mol. The van der Waals surface area contributed by atoms with Gasteiger partial charge in [0.1, 0.15) is 0 Å². The number of hydrogen-bond acceptors (Lipinski definition) is 2. The minimum absolute atomic E-state index is 0.289. The van der Waals surface area contributed by atoms with Gasteiger partial charge >= 0.3 is 0 Å². The Morgan fingerprint density at radius 1 is 1.17 bits per heavy atom. The van der Waals surface area contributed by atoms with Gasteiger partial charge in [-0.3, -0.25) is 0 Å². The van der Waals surface area contributed by atoms with Crippen LogP contribution in [0.2, 0.25) is 0 Å². The lowest BCUT2D eigenvalue weighted by Gasteiger charge is -2.17. The number of benzene rings is 1. The minimum Gasteiger partial charge on any atom is -0.248 e. The minimum atomic E-state index is 0.289. The number of para-hydroxylation sites is 2. The highest BCUT2D eigenvalue weighted by atomic mass is 14.8. The summed E-state index contributed by atoms with van der Waals surface area (Å²) in [6, 6.07) is 8.11. The summed E-state index contributed by atoms with van der Waals surface area (Å²) in [6.07, 6.45) is 17.0. The van der Waals surface area contributed by atoms with E-state index in [0.717, 1.165) is 40.8 Å². The van der Waals surface area contributed by atoms with Crippen molar-refractivity contribution in [1.82, 2.24) is 9.97 Å². The van der Waals surface area contributed by atoms with Crippen LogP contribution in [0.4, 0.5) is 0 Å². The molecule has 2 aromatic rings. The second kappa shape index (κ2) is 7.19. The Labute approximate surface area is 138 Å².